The number of rotatable bonds is 1. The van der Waals surface area contributed by atoms with Gasteiger partial charge in [0.2, 0.25) is 0 Å². The Morgan fingerprint density at radius 3 is 3.07 bits per heavy atom. The van der Waals surface area contributed by atoms with E-state index in [-0.39, 0.29) is 0 Å². The Morgan fingerprint density at radius 1 is 1.27 bits per heavy atom. The average molecular weight is 216 g/mol. The second kappa shape index (κ2) is 3.20. The van der Waals surface area contributed by atoms with E-state index in [1.165, 1.54) is 0 Å². The van der Waals surface area contributed by atoms with E-state index in [1.54, 1.807) is 24.4 Å². The Labute approximate surface area is 90.2 Å². The fourth-order valence-electron chi connectivity index (χ4n) is 1.69. The van der Waals surface area contributed by atoms with Crippen LogP contribution in [0, 0.1) is 0 Å². The molecule has 5 heteroatoms. The summed E-state index contributed by atoms with van der Waals surface area (Å²) in [6.07, 6.45) is 7.13. The van der Waals surface area contributed by atoms with Gasteiger partial charge in [-0.15, -0.1) is 11.8 Å². The van der Waals surface area contributed by atoms with Crippen LogP contribution < -0.4 is 0 Å². The number of fused-ring (bicyclic) bond motifs is 2. The van der Waals surface area contributed by atoms with Crippen molar-refractivity contribution < 1.29 is 0 Å². The molecular weight excluding hydrogens is 208 g/mol. The van der Waals surface area contributed by atoms with Crippen molar-refractivity contribution in [3.05, 3.63) is 24.9 Å². The van der Waals surface area contributed by atoms with Gasteiger partial charge in [-0.2, -0.15) is 0 Å². The number of hydrogen-bond donors (Lipinski definition) is 1. The topological polar surface area (TPSA) is 54.5 Å². The van der Waals surface area contributed by atoms with Gasteiger partial charge in [0, 0.05) is 11.6 Å². The predicted octanol–water partition coefficient (Wildman–Crippen LogP) is 2.23. The molecule has 0 aliphatic heterocycles. The molecule has 0 spiro atoms. The van der Waals surface area contributed by atoms with E-state index in [0.29, 0.717) is 0 Å². The number of nitrogens with zero attached hydrogens (tertiary/aromatic N) is 3. The summed E-state index contributed by atoms with van der Waals surface area (Å²) in [6, 6.07) is 2.03. The summed E-state index contributed by atoms with van der Waals surface area (Å²) >= 11 is 1.66. The summed E-state index contributed by atoms with van der Waals surface area (Å²) in [5, 5.41) is 1.04. The van der Waals surface area contributed by atoms with Crippen LogP contribution in [0.5, 0.6) is 0 Å². The zero-order chi connectivity index (χ0) is 10.3. The van der Waals surface area contributed by atoms with Gasteiger partial charge in [-0.25, -0.2) is 15.0 Å². The normalized spacial score (nSPS) is 11.3. The Morgan fingerprint density at radius 2 is 2.20 bits per heavy atom. The molecule has 0 radical (unpaired) electrons. The Hall–Kier alpha value is -1.62. The monoisotopic (exact) mass is 216 g/mol. The third-order valence-corrected chi connectivity index (χ3v) is 3.14. The molecule has 74 valence electrons. The number of aromatic amines is 1. The highest BCUT2D eigenvalue weighted by Crippen LogP contribution is 2.30. The lowest BCUT2D eigenvalue weighted by atomic mass is 10.2. The molecule has 0 saturated carbocycles. The van der Waals surface area contributed by atoms with Crippen LogP contribution in [-0.4, -0.2) is 26.2 Å². The average Bonchev–Trinajstić information content (AvgIpc) is 2.73. The van der Waals surface area contributed by atoms with Crippen LogP contribution in [-0.2, 0) is 0 Å². The minimum atomic E-state index is 0.970. The number of thioether (sulfide) groups is 1. The van der Waals surface area contributed by atoms with E-state index in [0.717, 1.165) is 26.8 Å². The van der Waals surface area contributed by atoms with Gasteiger partial charge in [-0.1, -0.05) is 0 Å². The van der Waals surface area contributed by atoms with Crippen molar-refractivity contribution in [1.29, 1.82) is 0 Å². The fraction of sp³-hybridized carbons (Fsp3) is 0.100. The first-order valence-corrected chi connectivity index (χ1v) is 5.72. The maximum Gasteiger partial charge on any atom is 0.116 e. The summed E-state index contributed by atoms with van der Waals surface area (Å²) in [5.74, 6) is 0. The maximum atomic E-state index is 4.30. The second-order valence-corrected chi connectivity index (χ2v) is 3.99. The molecule has 4 nitrogen and oxygen atoms in total. The van der Waals surface area contributed by atoms with Crippen molar-refractivity contribution in [2.45, 2.75) is 4.90 Å². The third kappa shape index (κ3) is 1.20. The van der Waals surface area contributed by atoms with Gasteiger partial charge in [0.15, 0.2) is 0 Å². The van der Waals surface area contributed by atoms with Crippen molar-refractivity contribution in [3.63, 3.8) is 0 Å². The molecule has 0 amide bonds. The number of aromatic nitrogens is 4. The van der Waals surface area contributed by atoms with Crippen LogP contribution in [0.2, 0.25) is 0 Å². The summed E-state index contributed by atoms with van der Waals surface area (Å²) in [6.45, 7) is 0. The number of nitrogens with one attached hydrogen (secondary N) is 1. The molecule has 0 aliphatic rings. The van der Waals surface area contributed by atoms with Crippen LogP contribution >= 0.6 is 11.8 Å². The van der Waals surface area contributed by atoms with Gasteiger partial charge in [-0.05, 0) is 12.3 Å². The summed E-state index contributed by atoms with van der Waals surface area (Å²) in [4.78, 5) is 16.8. The molecule has 3 rings (SSSR count). The Kier molecular flexibility index (Phi) is 1.85. The lowest BCUT2D eigenvalue weighted by Gasteiger charge is -2.02. The van der Waals surface area contributed by atoms with Crippen molar-refractivity contribution in [1.82, 2.24) is 19.9 Å². The van der Waals surface area contributed by atoms with Gasteiger partial charge >= 0.3 is 0 Å². The molecule has 1 N–H and O–H groups in total. The lowest BCUT2D eigenvalue weighted by molar-refractivity contribution is 1.21. The van der Waals surface area contributed by atoms with Gasteiger partial charge in [0.25, 0.3) is 0 Å². The summed E-state index contributed by atoms with van der Waals surface area (Å²) in [5.41, 5.74) is 2.98. The molecule has 0 atom stereocenters. The maximum absolute atomic E-state index is 4.30. The molecule has 1 aromatic carbocycles. The summed E-state index contributed by atoms with van der Waals surface area (Å²) < 4.78 is 0. The first-order valence-electron chi connectivity index (χ1n) is 4.50. The SMILES string of the molecule is CSc1c2ncncc2cc2[nH]cnc12. The molecule has 3 aromatic rings. The molecule has 0 fully saturated rings. The number of benzene rings is 1. The number of imidazole rings is 1. The van der Waals surface area contributed by atoms with Gasteiger partial charge in [-0.3, -0.25) is 0 Å². The van der Waals surface area contributed by atoms with Gasteiger partial charge < -0.3 is 4.98 Å². The van der Waals surface area contributed by atoms with Crippen LogP contribution in [0.1, 0.15) is 0 Å². The van der Waals surface area contributed by atoms with E-state index in [9.17, 15) is 0 Å². The second-order valence-electron chi connectivity index (χ2n) is 3.17. The van der Waals surface area contributed by atoms with Crippen molar-refractivity contribution in [2.24, 2.45) is 0 Å². The molecule has 15 heavy (non-hydrogen) atoms. The van der Waals surface area contributed by atoms with E-state index in [1.807, 2.05) is 18.5 Å². The Balaban J connectivity index is 2.57. The first-order chi connectivity index (χ1) is 7.40. The highest BCUT2D eigenvalue weighted by atomic mass is 32.2. The van der Waals surface area contributed by atoms with Gasteiger partial charge in [0.05, 0.1) is 22.3 Å². The molecule has 0 bridgehead atoms. The van der Waals surface area contributed by atoms with Crippen LogP contribution in [0.3, 0.4) is 0 Å². The van der Waals surface area contributed by atoms with E-state index in [4.69, 9.17) is 0 Å². The zero-order valence-electron chi connectivity index (χ0n) is 8.06. The molecule has 0 aliphatic carbocycles. The first kappa shape index (κ1) is 8.67. The predicted molar refractivity (Wildman–Crippen MR) is 61.0 cm³/mol. The third-order valence-electron chi connectivity index (χ3n) is 2.34. The quantitative estimate of drug-likeness (QED) is 0.634. The lowest BCUT2D eigenvalue weighted by Crippen LogP contribution is -1.86. The highest BCUT2D eigenvalue weighted by molar-refractivity contribution is 7.99. The molecular formula is C10H8N4S. The fourth-order valence-corrected chi connectivity index (χ4v) is 2.41. The standard InChI is InChI=1S/C10H8N4S/c1-15-10-8-6(3-11-4-13-8)2-7-9(10)14-5-12-7/h2-5H,1H3,(H,12,14). The molecule has 0 unspecified atom stereocenters. The van der Waals surface area contributed by atoms with E-state index in [2.05, 4.69) is 19.9 Å². The zero-order valence-corrected chi connectivity index (χ0v) is 8.88. The van der Waals surface area contributed by atoms with Gasteiger partial charge in [0.1, 0.15) is 11.8 Å². The van der Waals surface area contributed by atoms with Crippen LogP contribution in [0.4, 0.5) is 0 Å². The minimum absolute atomic E-state index is 0.970. The summed E-state index contributed by atoms with van der Waals surface area (Å²) in [7, 11) is 0. The van der Waals surface area contributed by atoms with E-state index >= 15 is 0 Å². The Bertz CT molecular complexity index is 631. The molecule has 2 aromatic heterocycles. The smallest absolute Gasteiger partial charge is 0.116 e. The van der Waals surface area contributed by atoms with E-state index < -0.39 is 0 Å². The van der Waals surface area contributed by atoms with Crippen LogP contribution in [0.15, 0.2) is 29.8 Å². The number of H-pyrrole nitrogens is 1. The van der Waals surface area contributed by atoms with Crippen molar-refractivity contribution in [3.8, 4) is 0 Å². The van der Waals surface area contributed by atoms with Crippen molar-refractivity contribution >= 4 is 33.7 Å². The largest absolute Gasteiger partial charge is 0.345 e. The van der Waals surface area contributed by atoms with Crippen LogP contribution in [0.25, 0.3) is 21.9 Å². The number of hydrogen-bond acceptors (Lipinski definition) is 4. The molecule has 0 saturated heterocycles. The minimum Gasteiger partial charge on any atom is -0.345 e. The highest BCUT2D eigenvalue weighted by Gasteiger charge is 2.09. The van der Waals surface area contributed by atoms with Crippen molar-refractivity contribution in [2.75, 3.05) is 6.26 Å². The molecule has 2 heterocycles.